The smallest absolute Gasteiger partial charge is 0.277 e. The van der Waals surface area contributed by atoms with E-state index in [0.717, 1.165) is 32.9 Å². The second kappa shape index (κ2) is 7.56. The maximum Gasteiger partial charge on any atom is 0.277 e. The first kappa shape index (κ1) is 17.8. The molecule has 5 heteroatoms. The molecular formula is C23H21N3O2. The second-order valence-electron chi connectivity index (χ2n) is 6.63. The summed E-state index contributed by atoms with van der Waals surface area (Å²) in [6.45, 7) is 1.94. The SMILES string of the molecule is Cc1c(/C=N\NC(=O)COc2cccc3ccccc23)c2ccccc2n1C. The van der Waals surface area contributed by atoms with E-state index in [4.69, 9.17) is 4.74 Å². The molecule has 3 aromatic carbocycles. The average molecular weight is 371 g/mol. The molecule has 5 nitrogen and oxygen atoms in total. The van der Waals surface area contributed by atoms with E-state index >= 15 is 0 Å². The summed E-state index contributed by atoms with van der Waals surface area (Å²) in [5.74, 6) is 0.379. The fourth-order valence-corrected chi connectivity index (χ4v) is 3.38. The Morgan fingerprint density at radius 2 is 1.75 bits per heavy atom. The third-order valence-corrected chi connectivity index (χ3v) is 4.94. The van der Waals surface area contributed by atoms with Crippen LogP contribution in [0.4, 0.5) is 0 Å². The third-order valence-electron chi connectivity index (χ3n) is 4.94. The lowest BCUT2D eigenvalue weighted by molar-refractivity contribution is -0.123. The molecule has 1 aromatic heterocycles. The number of hydrogen-bond acceptors (Lipinski definition) is 3. The van der Waals surface area contributed by atoms with Gasteiger partial charge in [-0.2, -0.15) is 5.10 Å². The Balaban J connectivity index is 1.43. The zero-order valence-electron chi connectivity index (χ0n) is 15.8. The van der Waals surface area contributed by atoms with Crippen molar-refractivity contribution in [2.24, 2.45) is 12.1 Å². The maximum absolute atomic E-state index is 12.1. The minimum absolute atomic E-state index is 0.0974. The van der Waals surface area contributed by atoms with Gasteiger partial charge in [0.15, 0.2) is 6.61 Å². The molecule has 28 heavy (non-hydrogen) atoms. The van der Waals surface area contributed by atoms with Crippen molar-refractivity contribution in [2.75, 3.05) is 6.61 Å². The molecule has 1 heterocycles. The molecule has 0 radical (unpaired) electrons. The van der Waals surface area contributed by atoms with Crippen molar-refractivity contribution in [2.45, 2.75) is 6.92 Å². The Labute approximate surface area is 163 Å². The lowest BCUT2D eigenvalue weighted by atomic mass is 10.1. The van der Waals surface area contributed by atoms with Crippen LogP contribution in [0.2, 0.25) is 0 Å². The summed E-state index contributed by atoms with van der Waals surface area (Å²) in [5, 5.41) is 7.28. The highest BCUT2D eigenvalue weighted by Gasteiger charge is 2.10. The highest BCUT2D eigenvalue weighted by molar-refractivity contribution is 6.01. The summed E-state index contributed by atoms with van der Waals surface area (Å²) in [7, 11) is 2.02. The number of nitrogens with one attached hydrogen (secondary N) is 1. The van der Waals surface area contributed by atoms with Gasteiger partial charge in [-0.15, -0.1) is 0 Å². The Bertz CT molecular complexity index is 1190. The van der Waals surface area contributed by atoms with Crippen molar-refractivity contribution < 1.29 is 9.53 Å². The van der Waals surface area contributed by atoms with Gasteiger partial charge in [0.05, 0.1) is 6.21 Å². The molecular weight excluding hydrogens is 350 g/mol. The lowest BCUT2D eigenvalue weighted by Gasteiger charge is -2.08. The summed E-state index contributed by atoms with van der Waals surface area (Å²) in [5.41, 5.74) is 5.76. The molecule has 0 aliphatic heterocycles. The van der Waals surface area contributed by atoms with Gasteiger partial charge >= 0.3 is 0 Å². The number of para-hydroxylation sites is 1. The molecule has 0 spiro atoms. The molecule has 1 N–H and O–H groups in total. The zero-order valence-corrected chi connectivity index (χ0v) is 15.8. The predicted octanol–water partition coefficient (Wildman–Crippen LogP) is 4.17. The molecule has 0 saturated carbocycles. The number of aryl methyl sites for hydroxylation is 1. The van der Waals surface area contributed by atoms with Gasteiger partial charge in [0.2, 0.25) is 0 Å². The van der Waals surface area contributed by atoms with Gasteiger partial charge < -0.3 is 9.30 Å². The first-order valence-corrected chi connectivity index (χ1v) is 9.11. The number of carbonyl (C=O) groups is 1. The molecule has 0 atom stereocenters. The number of aromatic nitrogens is 1. The van der Waals surface area contributed by atoms with Crippen molar-refractivity contribution in [3.05, 3.63) is 78.0 Å². The van der Waals surface area contributed by atoms with Crippen LogP contribution in [0.1, 0.15) is 11.3 Å². The average Bonchev–Trinajstić information content (AvgIpc) is 2.97. The van der Waals surface area contributed by atoms with Gasteiger partial charge in [0.25, 0.3) is 5.91 Å². The van der Waals surface area contributed by atoms with Gasteiger partial charge in [-0.05, 0) is 24.4 Å². The maximum atomic E-state index is 12.1. The van der Waals surface area contributed by atoms with E-state index in [1.807, 2.05) is 68.6 Å². The number of nitrogens with zero attached hydrogens (tertiary/aromatic N) is 2. The van der Waals surface area contributed by atoms with E-state index < -0.39 is 0 Å². The molecule has 0 aliphatic rings. The summed E-state index contributed by atoms with van der Waals surface area (Å²) >= 11 is 0. The molecule has 4 rings (SSSR count). The van der Waals surface area contributed by atoms with E-state index in [-0.39, 0.29) is 12.5 Å². The molecule has 0 unspecified atom stereocenters. The molecule has 0 fully saturated rings. The Morgan fingerprint density at radius 1 is 1.04 bits per heavy atom. The summed E-state index contributed by atoms with van der Waals surface area (Å²) in [6, 6.07) is 21.8. The highest BCUT2D eigenvalue weighted by atomic mass is 16.5. The number of benzene rings is 3. The molecule has 0 aliphatic carbocycles. The number of hydrogen-bond donors (Lipinski definition) is 1. The van der Waals surface area contributed by atoms with Crippen LogP contribution >= 0.6 is 0 Å². The van der Waals surface area contributed by atoms with Crippen LogP contribution in [-0.4, -0.2) is 23.3 Å². The van der Waals surface area contributed by atoms with Crippen LogP contribution in [0.3, 0.4) is 0 Å². The fraction of sp³-hybridized carbons (Fsp3) is 0.130. The molecule has 0 saturated heterocycles. The first-order chi connectivity index (χ1) is 13.6. The van der Waals surface area contributed by atoms with Gasteiger partial charge in [0, 0.05) is 34.6 Å². The van der Waals surface area contributed by atoms with Gasteiger partial charge in [-0.1, -0.05) is 54.6 Å². The van der Waals surface area contributed by atoms with E-state index in [0.29, 0.717) is 5.75 Å². The van der Waals surface area contributed by atoms with Gasteiger partial charge in [0.1, 0.15) is 5.75 Å². The van der Waals surface area contributed by atoms with Gasteiger partial charge in [-0.3, -0.25) is 4.79 Å². The highest BCUT2D eigenvalue weighted by Crippen LogP contribution is 2.25. The van der Waals surface area contributed by atoms with Crippen molar-refractivity contribution in [1.82, 2.24) is 9.99 Å². The quantitative estimate of drug-likeness (QED) is 0.423. The molecule has 4 aromatic rings. The zero-order chi connectivity index (χ0) is 19.5. The Morgan fingerprint density at radius 3 is 2.61 bits per heavy atom. The number of carbonyl (C=O) groups excluding carboxylic acids is 1. The van der Waals surface area contributed by atoms with E-state index in [1.54, 1.807) is 6.21 Å². The van der Waals surface area contributed by atoms with Crippen LogP contribution in [-0.2, 0) is 11.8 Å². The molecule has 0 bridgehead atoms. The van der Waals surface area contributed by atoms with Crippen LogP contribution in [0.15, 0.2) is 71.8 Å². The number of fused-ring (bicyclic) bond motifs is 2. The number of hydrazone groups is 1. The second-order valence-corrected chi connectivity index (χ2v) is 6.63. The fourth-order valence-electron chi connectivity index (χ4n) is 3.38. The summed E-state index contributed by atoms with van der Waals surface area (Å²) in [6.07, 6.45) is 1.69. The number of rotatable bonds is 5. The lowest BCUT2D eigenvalue weighted by Crippen LogP contribution is -2.24. The van der Waals surface area contributed by atoms with E-state index in [9.17, 15) is 4.79 Å². The van der Waals surface area contributed by atoms with Crippen molar-refractivity contribution in [3.63, 3.8) is 0 Å². The third kappa shape index (κ3) is 3.34. The minimum atomic E-state index is -0.304. The Hall–Kier alpha value is -3.60. The summed E-state index contributed by atoms with van der Waals surface area (Å²) in [4.78, 5) is 12.1. The van der Waals surface area contributed by atoms with E-state index in [1.165, 1.54) is 0 Å². The normalized spacial score (nSPS) is 11.4. The topological polar surface area (TPSA) is 55.6 Å². The van der Waals surface area contributed by atoms with E-state index in [2.05, 4.69) is 27.2 Å². The van der Waals surface area contributed by atoms with Crippen LogP contribution in [0, 0.1) is 6.92 Å². The standard InChI is InChI=1S/C23H21N3O2/c1-16-20(19-11-5-6-12-21(19)26(16)2)14-24-25-23(27)15-28-22-13-7-9-17-8-3-4-10-18(17)22/h3-14H,15H2,1-2H3,(H,25,27)/b24-14-. The number of ether oxygens (including phenoxy) is 1. The largest absolute Gasteiger partial charge is 0.483 e. The minimum Gasteiger partial charge on any atom is -0.483 e. The van der Waals surface area contributed by atoms with Crippen LogP contribution in [0.5, 0.6) is 5.75 Å². The van der Waals surface area contributed by atoms with Crippen LogP contribution < -0.4 is 10.2 Å². The monoisotopic (exact) mass is 371 g/mol. The molecule has 1 amide bonds. The number of amides is 1. The Kier molecular flexibility index (Phi) is 4.81. The molecule has 140 valence electrons. The van der Waals surface area contributed by atoms with Crippen molar-refractivity contribution >= 4 is 33.8 Å². The van der Waals surface area contributed by atoms with Gasteiger partial charge in [-0.25, -0.2) is 5.43 Å². The summed E-state index contributed by atoms with van der Waals surface area (Å²) < 4.78 is 7.81. The van der Waals surface area contributed by atoms with Crippen LogP contribution in [0.25, 0.3) is 21.7 Å². The first-order valence-electron chi connectivity index (χ1n) is 9.11. The predicted molar refractivity (Wildman–Crippen MR) is 113 cm³/mol. The van der Waals surface area contributed by atoms with Crippen molar-refractivity contribution in [3.8, 4) is 5.75 Å². The van der Waals surface area contributed by atoms with Crippen molar-refractivity contribution in [1.29, 1.82) is 0 Å².